The zero-order chi connectivity index (χ0) is 15.4. The summed E-state index contributed by atoms with van der Waals surface area (Å²) in [6, 6.07) is 11.9. The fourth-order valence-corrected chi connectivity index (χ4v) is 2.47. The summed E-state index contributed by atoms with van der Waals surface area (Å²) in [5, 5.41) is 9.68. The number of benzene rings is 2. The highest BCUT2D eigenvalue weighted by molar-refractivity contribution is 5.51. The molecule has 2 aromatic rings. The monoisotopic (exact) mass is 289 g/mol. The van der Waals surface area contributed by atoms with E-state index in [1.165, 1.54) is 13.2 Å². The van der Waals surface area contributed by atoms with Crippen LogP contribution in [-0.4, -0.2) is 18.8 Å². The van der Waals surface area contributed by atoms with Gasteiger partial charge >= 0.3 is 0 Å². The predicted molar refractivity (Wildman–Crippen MR) is 82.5 cm³/mol. The number of ether oxygens (including phenoxy) is 1. The van der Waals surface area contributed by atoms with Crippen molar-refractivity contribution in [2.45, 2.75) is 19.9 Å². The maximum absolute atomic E-state index is 14.0. The normalized spacial score (nSPS) is 12.0. The molecule has 0 aliphatic carbocycles. The molecule has 0 aliphatic rings. The van der Waals surface area contributed by atoms with Gasteiger partial charge in [0.05, 0.1) is 18.8 Å². The number of methoxy groups -OCH3 is 1. The molecule has 0 spiro atoms. The quantitative estimate of drug-likeness (QED) is 0.898. The molecular weight excluding hydrogens is 269 g/mol. The predicted octanol–water partition coefficient (Wildman–Crippen LogP) is 4.13. The van der Waals surface area contributed by atoms with Crippen molar-refractivity contribution in [3.8, 4) is 11.5 Å². The summed E-state index contributed by atoms with van der Waals surface area (Å²) in [4.78, 5) is 1.97. The Balaban J connectivity index is 2.37. The van der Waals surface area contributed by atoms with Gasteiger partial charge in [0.25, 0.3) is 0 Å². The number of nitrogens with zero attached hydrogens (tertiary/aromatic N) is 1. The third-order valence-corrected chi connectivity index (χ3v) is 3.66. The molecule has 0 heterocycles. The third-order valence-electron chi connectivity index (χ3n) is 3.66. The molecule has 3 nitrogen and oxygen atoms in total. The van der Waals surface area contributed by atoms with Crippen molar-refractivity contribution in [3.63, 3.8) is 0 Å². The molecule has 0 radical (unpaired) electrons. The Kier molecular flexibility index (Phi) is 4.68. The number of phenols is 1. The van der Waals surface area contributed by atoms with Crippen molar-refractivity contribution in [3.05, 3.63) is 53.8 Å². The van der Waals surface area contributed by atoms with E-state index in [4.69, 9.17) is 4.74 Å². The van der Waals surface area contributed by atoms with E-state index in [0.717, 1.165) is 5.56 Å². The Morgan fingerprint density at radius 2 is 1.95 bits per heavy atom. The van der Waals surface area contributed by atoms with Crippen molar-refractivity contribution in [2.24, 2.45) is 0 Å². The van der Waals surface area contributed by atoms with Gasteiger partial charge in [-0.05, 0) is 43.7 Å². The zero-order valence-electron chi connectivity index (χ0n) is 12.5. The smallest absolute Gasteiger partial charge is 0.160 e. The first-order chi connectivity index (χ1) is 10.1. The summed E-state index contributed by atoms with van der Waals surface area (Å²) < 4.78 is 19.1. The standard InChI is InChI=1S/C17H20FNO2/c1-4-19(15-8-6-5-7-14(15)18)12(2)13-9-10-16(20)17(11-13)21-3/h5-12,20H,4H2,1-3H3. The third kappa shape index (κ3) is 3.10. The number of anilines is 1. The molecule has 2 aromatic carbocycles. The number of para-hydroxylation sites is 1. The van der Waals surface area contributed by atoms with Gasteiger partial charge in [-0.3, -0.25) is 0 Å². The summed E-state index contributed by atoms with van der Waals surface area (Å²) >= 11 is 0. The number of halogens is 1. The van der Waals surface area contributed by atoms with Crippen LogP contribution in [0.3, 0.4) is 0 Å². The molecule has 4 heteroatoms. The first-order valence-corrected chi connectivity index (χ1v) is 6.96. The Bertz CT molecular complexity index is 615. The van der Waals surface area contributed by atoms with Crippen molar-refractivity contribution in [1.82, 2.24) is 0 Å². The molecule has 1 N–H and O–H groups in total. The maximum Gasteiger partial charge on any atom is 0.160 e. The van der Waals surface area contributed by atoms with Crippen LogP contribution in [0.15, 0.2) is 42.5 Å². The Labute approximate surface area is 124 Å². The summed E-state index contributed by atoms with van der Waals surface area (Å²) in [6.07, 6.45) is 0. The molecule has 0 fully saturated rings. The van der Waals surface area contributed by atoms with Gasteiger partial charge < -0.3 is 14.7 Å². The SMILES string of the molecule is CCN(c1ccccc1F)C(C)c1ccc(O)c(OC)c1. The van der Waals surface area contributed by atoms with Gasteiger partial charge in [0.1, 0.15) is 5.82 Å². The van der Waals surface area contributed by atoms with E-state index >= 15 is 0 Å². The van der Waals surface area contributed by atoms with Gasteiger partial charge in [-0.1, -0.05) is 18.2 Å². The van der Waals surface area contributed by atoms with Crippen LogP contribution in [-0.2, 0) is 0 Å². The molecule has 0 aromatic heterocycles. The Hall–Kier alpha value is -2.23. The second kappa shape index (κ2) is 6.48. The van der Waals surface area contributed by atoms with E-state index in [-0.39, 0.29) is 17.6 Å². The van der Waals surface area contributed by atoms with Crippen LogP contribution in [0.1, 0.15) is 25.5 Å². The van der Waals surface area contributed by atoms with Crippen LogP contribution in [0.2, 0.25) is 0 Å². The molecule has 21 heavy (non-hydrogen) atoms. The Morgan fingerprint density at radius 1 is 1.24 bits per heavy atom. The molecule has 0 aliphatic heterocycles. The first-order valence-electron chi connectivity index (χ1n) is 6.96. The molecule has 2 rings (SSSR count). The molecular formula is C17H20FNO2. The van der Waals surface area contributed by atoms with Gasteiger partial charge in [-0.2, -0.15) is 0 Å². The van der Waals surface area contributed by atoms with Crippen molar-refractivity contribution in [1.29, 1.82) is 0 Å². The maximum atomic E-state index is 14.0. The van der Waals surface area contributed by atoms with Crippen LogP contribution in [0.4, 0.5) is 10.1 Å². The number of aromatic hydroxyl groups is 1. The molecule has 1 unspecified atom stereocenters. The van der Waals surface area contributed by atoms with Crippen molar-refractivity contribution >= 4 is 5.69 Å². The van der Waals surface area contributed by atoms with E-state index in [1.54, 1.807) is 24.3 Å². The van der Waals surface area contributed by atoms with Gasteiger partial charge in [-0.15, -0.1) is 0 Å². The van der Waals surface area contributed by atoms with Crippen LogP contribution >= 0.6 is 0 Å². The van der Waals surface area contributed by atoms with E-state index < -0.39 is 0 Å². The van der Waals surface area contributed by atoms with Crippen molar-refractivity contribution in [2.75, 3.05) is 18.6 Å². The lowest BCUT2D eigenvalue weighted by molar-refractivity contribution is 0.372. The van der Waals surface area contributed by atoms with E-state index in [9.17, 15) is 9.50 Å². The lowest BCUT2D eigenvalue weighted by atomic mass is 10.0. The average molecular weight is 289 g/mol. The molecule has 1 atom stereocenters. The zero-order valence-corrected chi connectivity index (χ0v) is 12.5. The molecule has 112 valence electrons. The van der Waals surface area contributed by atoms with Gasteiger partial charge in [0, 0.05) is 6.54 Å². The highest BCUT2D eigenvalue weighted by Crippen LogP contribution is 2.33. The summed E-state index contributed by atoms with van der Waals surface area (Å²) in [7, 11) is 1.51. The van der Waals surface area contributed by atoms with Crippen LogP contribution < -0.4 is 9.64 Å². The average Bonchev–Trinajstić information content (AvgIpc) is 2.50. The molecule has 0 saturated heterocycles. The van der Waals surface area contributed by atoms with E-state index in [0.29, 0.717) is 18.0 Å². The lowest BCUT2D eigenvalue weighted by Gasteiger charge is -2.31. The molecule has 0 amide bonds. The summed E-state index contributed by atoms with van der Waals surface area (Å²) in [5.74, 6) is 0.281. The Morgan fingerprint density at radius 3 is 2.57 bits per heavy atom. The summed E-state index contributed by atoms with van der Waals surface area (Å²) in [5.41, 5.74) is 1.52. The van der Waals surface area contributed by atoms with Gasteiger partial charge in [-0.25, -0.2) is 4.39 Å². The van der Waals surface area contributed by atoms with Gasteiger partial charge in [0.2, 0.25) is 0 Å². The van der Waals surface area contributed by atoms with Crippen LogP contribution in [0, 0.1) is 5.82 Å². The number of rotatable bonds is 5. The number of hydrogen-bond acceptors (Lipinski definition) is 3. The largest absolute Gasteiger partial charge is 0.504 e. The van der Waals surface area contributed by atoms with E-state index in [2.05, 4.69) is 0 Å². The summed E-state index contributed by atoms with van der Waals surface area (Å²) in [6.45, 7) is 4.66. The number of hydrogen-bond donors (Lipinski definition) is 1. The number of phenolic OH excluding ortho intramolecular Hbond substituents is 1. The molecule has 0 bridgehead atoms. The van der Waals surface area contributed by atoms with Crippen LogP contribution in [0.25, 0.3) is 0 Å². The topological polar surface area (TPSA) is 32.7 Å². The minimum absolute atomic E-state index is 0.0404. The highest BCUT2D eigenvalue weighted by Gasteiger charge is 2.18. The fourth-order valence-electron chi connectivity index (χ4n) is 2.47. The fraction of sp³-hybridized carbons (Fsp3) is 0.294. The van der Waals surface area contributed by atoms with Crippen molar-refractivity contribution < 1.29 is 14.2 Å². The highest BCUT2D eigenvalue weighted by atomic mass is 19.1. The second-order valence-corrected chi connectivity index (χ2v) is 4.84. The van der Waals surface area contributed by atoms with Crippen LogP contribution in [0.5, 0.6) is 11.5 Å². The lowest BCUT2D eigenvalue weighted by Crippen LogP contribution is -2.27. The van der Waals surface area contributed by atoms with Gasteiger partial charge in [0.15, 0.2) is 11.5 Å². The minimum Gasteiger partial charge on any atom is -0.504 e. The van der Waals surface area contributed by atoms with E-state index in [1.807, 2.05) is 30.9 Å². The second-order valence-electron chi connectivity index (χ2n) is 4.84. The minimum atomic E-state index is -0.239. The molecule has 0 saturated carbocycles. The first kappa shape index (κ1) is 15.2.